The molecule has 0 N–H and O–H groups in total. The van der Waals surface area contributed by atoms with Gasteiger partial charge in [0.2, 0.25) is 0 Å². The molecule has 0 unspecified atom stereocenters. The molecule has 0 atom stereocenters. The van der Waals surface area contributed by atoms with Crippen LogP contribution in [0.1, 0.15) is 116 Å². The minimum Gasteiger partial charge on any atom is -0.297 e. The predicted molar refractivity (Wildman–Crippen MR) is 104 cm³/mol. The SMILES string of the molecule is CCCCCCCCCCCCCCCCCC=NN1CCC1. The second-order valence-corrected chi connectivity index (χ2v) is 7.34. The maximum atomic E-state index is 4.44. The fourth-order valence-electron chi connectivity index (χ4n) is 3.20. The Hall–Kier alpha value is -0.530. The van der Waals surface area contributed by atoms with Crippen molar-refractivity contribution < 1.29 is 0 Å². The van der Waals surface area contributed by atoms with Gasteiger partial charge < -0.3 is 0 Å². The van der Waals surface area contributed by atoms with E-state index >= 15 is 0 Å². The van der Waals surface area contributed by atoms with Crippen LogP contribution in [0.2, 0.25) is 0 Å². The molecule has 0 aromatic rings. The first-order valence-electron chi connectivity index (χ1n) is 10.7. The van der Waals surface area contributed by atoms with E-state index < -0.39 is 0 Å². The highest BCUT2D eigenvalue weighted by Gasteiger charge is 2.08. The van der Waals surface area contributed by atoms with Crippen LogP contribution in [0.25, 0.3) is 0 Å². The summed E-state index contributed by atoms with van der Waals surface area (Å²) in [5, 5.41) is 6.61. The minimum atomic E-state index is 1.18. The van der Waals surface area contributed by atoms with Crippen LogP contribution in [0, 0.1) is 0 Å². The average Bonchev–Trinajstić information content (AvgIpc) is 2.52. The molecule has 1 fully saturated rings. The standard InChI is InChI=1S/C21H42N2/c1-2-3-4-5-6-7-8-9-10-11-12-13-14-15-16-17-19-22-23-20-18-21-23/h19H,2-18,20-21H2,1H3. The highest BCUT2D eigenvalue weighted by Crippen LogP contribution is 2.13. The van der Waals surface area contributed by atoms with Gasteiger partial charge in [-0.05, 0) is 19.3 Å². The zero-order chi connectivity index (χ0) is 16.4. The van der Waals surface area contributed by atoms with Gasteiger partial charge in [0.1, 0.15) is 0 Å². The van der Waals surface area contributed by atoms with E-state index in [0.717, 1.165) is 0 Å². The Balaban J connectivity index is 1.64. The smallest absolute Gasteiger partial charge is 0.0377 e. The van der Waals surface area contributed by atoms with Gasteiger partial charge >= 0.3 is 0 Å². The molecule has 0 aromatic carbocycles. The molecular formula is C21H42N2. The monoisotopic (exact) mass is 322 g/mol. The largest absolute Gasteiger partial charge is 0.297 e. The van der Waals surface area contributed by atoms with Crippen LogP contribution < -0.4 is 0 Å². The van der Waals surface area contributed by atoms with Crippen molar-refractivity contribution in [2.75, 3.05) is 13.1 Å². The van der Waals surface area contributed by atoms with Gasteiger partial charge in [0.25, 0.3) is 0 Å². The molecule has 2 heteroatoms. The van der Waals surface area contributed by atoms with Gasteiger partial charge in [-0.3, -0.25) is 5.01 Å². The summed E-state index contributed by atoms with van der Waals surface area (Å²) in [5.74, 6) is 0. The van der Waals surface area contributed by atoms with E-state index in [4.69, 9.17) is 0 Å². The number of unbranched alkanes of at least 4 members (excludes halogenated alkanes) is 15. The fourth-order valence-corrected chi connectivity index (χ4v) is 3.20. The van der Waals surface area contributed by atoms with Crippen molar-refractivity contribution in [1.29, 1.82) is 0 Å². The normalized spacial score (nSPS) is 14.6. The molecule has 0 amide bonds. The summed E-state index contributed by atoms with van der Waals surface area (Å²) in [6.07, 6.45) is 26.2. The van der Waals surface area contributed by atoms with E-state index in [1.807, 2.05) is 0 Å². The summed E-state index contributed by atoms with van der Waals surface area (Å²) < 4.78 is 0. The van der Waals surface area contributed by atoms with E-state index in [-0.39, 0.29) is 0 Å². The Morgan fingerprint density at radius 1 is 0.652 bits per heavy atom. The molecular weight excluding hydrogens is 280 g/mol. The van der Waals surface area contributed by atoms with Crippen molar-refractivity contribution in [2.45, 2.75) is 116 Å². The highest BCUT2D eigenvalue weighted by atomic mass is 15.5. The zero-order valence-electron chi connectivity index (χ0n) is 15.9. The van der Waals surface area contributed by atoms with Crippen molar-refractivity contribution in [1.82, 2.24) is 5.01 Å². The van der Waals surface area contributed by atoms with Gasteiger partial charge in [0.05, 0.1) is 0 Å². The van der Waals surface area contributed by atoms with Crippen molar-refractivity contribution >= 4 is 6.21 Å². The number of hydrogen-bond donors (Lipinski definition) is 0. The number of hydrazone groups is 1. The third-order valence-corrected chi connectivity index (χ3v) is 5.01. The van der Waals surface area contributed by atoms with Gasteiger partial charge in [-0.25, -0.2) is 0 Å². The molecule has 1 saturated heterocycles. The maximum Gasteiger partial charge on any atom is 0.0377 e. The number of nitrogens with zero attached hydrogens (tertiary/aromatic N) is 2. The Labute approximate surface area is 146 Å². The maximum absolute atomic E-state index is 4.44. The molecule has 1 aliphatic rings. The van der Waals surface area contributed by atoms with E-state index in [1.165, 1.54) is 122 Å². The van der Waals surface area contributed by atoms with Crippen molar-refractivity contribution in [3.8, 4) is 0 Å². The third-order valence-electron chi connectivity index (χ3n) is 5.01. The molecule has 23 heavy (non-hydrogen) atoms. The minimum absolute atomic E-state index is 1.18. The second-order valence-electron chi connectivity index (χ2n) is 7.34. The van der Waals surface area contributed by atoms with Crippen LogP contribution >= 0.6 is 0 Å². The first-order valence-corrected chi connectivity index (χ1v) is 10.7. The van der Waals surface area contributed by atoms with Crippen molar-refractivity contribution in [3.05, 3.63) is 0 Å². The Kier molecular flexibility index (Phi) is 14.6. The van der Waals surface area contributed by atoms with E-state index in [9.17, 15) is 0 Å². The first-order chi connectivity index (χ1) is 11.4. The Morgan fingerprint density at radius 3 is 1.48 bits per heavy atom. The lowest BCUT2D eigenvalue weighted by Gasteiger charge is -2.27. The molecule has 1 rings (SSSR count). The molecule has 0 saturated carbocycles. The first kappa shape index (κ1) is 20.5. The Bertz CT molecular complexity index is 259. The van der Waals surface area contributed by atoms with E-state index in [2.05, 4.69) is 23.2 Å². The summed E-state index contributed by atoms with van der Waals surface area (Å²) in [7, 11) is 0. The van der Waals surface area contributed by atoms with E-state index in [1.54, 1.807) is 0 Å². The molecule has 2 nitrogen and oxygen atoms in total. The van der Waals surface area contributed by atoms with Crippen molar-refractivity contribution in [2.24, 2.45) is 5.10 Å². The molecule has 0 radical (unpaired) electrons. The highest BCUT2D eigenvalue weighted by molar-refractivity contribution is 5.56. The van der Waals surface area contributed by atoms with Gasteiger partial charge in [0, 0.05) is 19.3 Å². The fraction of sp³-hybridized carbons (Fsp3) is 0.952. The summed E-state index contributed by atoms with van der Waals surface area (Å²) in [6, 6.07) is 0. The molecule has 1 heterocycles. The van der Waals surface area contributed by atoms with Crippen LogP contribution in [0.3, 0.4) is 0 Å². The lowest BCUT2D eigenvalue weighted by Crippen LogP contribution is -2.32. The topological polar surface area (TPSA) is 15.6 Å². The lowest BCUT2D eigenvalue weighted by atomic mass is 10.0. The number of rotatable bonds is 17. The van der Waals surface area contributed by atoms with Crippen LogP contribution in [0.5, 0.6) is 0 Å². The quantitative estimate of drug-likeness (QED) is 0.209. The second kappa shape index (κ2) is 16.3. The van der Waals surface area contributed by atoms with E-state index in [0.29, 0.717) is 0 Å². The lowest BCUT2D eigenvalue weighted by molar-refractivity contribution is 0.191. The molecule has 1 aliphatic heterocycles. The summed E-state index contributed by atoms with van der Waals surface area (Å²) in [5.41, 5.74) is 0. The van der Waals surface area contributed by atoms with Crippen molar-refractivity contribution in [3.63, 3.8) is 0 Å². The molecule has 0 aliphatic carbocycles. The molecule has 0 spiro atoms. The average molecular weight is 323 g/mol. The van der Waals surface area contributed by atoms with Crippen LogP contribution in [-0.2, 0) is 0 Å². The summed E-state index contributed by atoms with van der Waals surface area (Å²) in [4.78, 5) is 0. The van der Waals surface area contributed by atoms with Gasteiger partial charge in [-0.15, -0.1) is 0 Å². The van der Waals surface area contributed by atoms with Crippen LogP contribution in [0.15, 0.2) is 5.10 Å². The van der Waals surface area contributed by atoms with Crippen LogP contribution in [0.4, 0.5) is 0 Å². The molecule has 0 aromatic heterocycles. The Morgan fingerprint density at radius 2 is 1.09 bits per heavy atom. The third kappa shape index (κ3) is 13.6. The summed E-state index contributed by atoms with van der Waals surface area (Å²) in [6.45, 7) is 4.65. The van der Waals surface area contributed by atoms with Gasteiger partial charge in [-0.1, -0.05) is 96.8 Å². The number of hydrogen-bond acceptors (Lipinski definition) is 2. The molecule has 136 valence electrons. The molecule has 0 bridgehead atoms. The van der Waals surface area contributed by atoms with Crippen LogP contribution in [-0.4, -0.2) is 24.3 Å². The summed E-state index contributed by atoms with van der Waals surface area (Å²) >= 11 is 0. The predicted octanol–water partition coefficient (Wildman–Crippen LogP) is 6.94. The van der Waals surface area contributed by atoms with Gasteiger partial charge in [-0.2, -0.15) is 5.10 Å². The zero-order valence-corrected chi connectivity index (χ0v) is 15.9. The van der Waals surface area contributed by atoms with Gasteiger partial charge in [0.15, 0.2) is 0 Å².